The van der Waals surface area contributed by atoms with Gasteiger partial charge in [0.1, 0.15) is 0 Å². The molecule has 0 atom stereocenters. The molecular weight excluding hydrogens is 438 g/mol. The number of imide groups is 1. The number of ketones is 1. The molecule has 3 rings (SSSR count). The molecule has 31 heavy (non-hydrogen) atoms. The van der Waals surface area contributed by atoms with E-state index < -0.39 is 11.1 Å². The van der Waals surface area contributed by atoms with Crippen molar-refractivity contribution in [2.24, 2.45) is 0 Å². The van der Waals surface area contributed by atoms with Crippen molar-refractivity contribution >= 4 is 46.4 Å². The summed E-state index contributed by atoms with van der Waals surface area (Å²) in [6.07, 6.45) is 3.57. The van der Waals surface area contributed by atoms with Crippen LogP contribution in [-0.2, 0) is 4.79 Å². The third kappa shape index (κ3) is 5.68. The second-order valence-corrected chi connectivity index (χ2v) is 8.24. The molecule has 0 N–H and O–H groups in total. The lowest BCUT2D eigenvalue weighted by Crippen LogP contribution is -2.33. The molecule has 162 valence electrons. The zero-order valence-electron chi connectivity index (χ0n) is 17.2. The summed E-state index contributed by atoms with van der Waals surface area (Å²) in [6.45, 7) is 2.35. The molecule has 1 aliphatic heterocycles. The lowest BCUT2D eigenvalue weighted by Gasteiger charge is -2.12. The summed E-state index contributed by atoms with van der Waals surface area (Å²) in [6, 6.07) is 11.6. The van der Waals surface area contributed by atoms with Crippen LogP contribution in [0.3, 0.4) is 0 Å². The van der Waals surface area contributed by atoms with Crippen LogP contribution >= 0.6 is 23.4 Å². The molecule has 1 saturated heterocycles. The van der Waals surface area contributed by atoms with Gasteiger partial charge in [0.15, 0.2) is 17.3 Å². The van der Waals surface area contributed by atoms with Gasteiger partial charge in [0.2, 0.25) is 0 Å². The summed E-state index contributed by atoms with van der Waals surface area (Å²) in [4.78, 5) is 38.7. The number of thioether (sulfide) groups is 1. The van der Waals surface area contributed by atoms with Crippen LogP contribution in [0.15, 0.2) is 47.4 Å². The molecule has 2 aromatic rings. The van der Waals surface area contributed by atoms with Crippen LogP contribution in [-0.4, -0.2) is 42.1 Å². The molecule has 0 aromatic heterocycles. The first-order valence-electron chi connectivity index (χ1n) is 9.78. The molecule has 0 radical (unpaired) electrons. The van der Waals surface area contributed by atoms with Crippen molar-refractivity contribution in [3.63, 3.8) is 0 Å². The quantitative estimate of drug-likeness (QED) is 0.282. The number of unbranched alkanes of at least 4 members (excludes halogenated alkanes) is 1. The molecule has 1 aliphatic rings. The number of hydrogen-bond acceptors (Lipinski definition) is 6. The normalized spacial score (nSPS) is 14.9. The largest absolute Gasteiger partial charge is 0.493 e. The summed E-state index contributed by atoms with van der Waals surface area (Å²) < 4.78 is 11.1. The Morgan fingerprint density at radius 1 is 1.13 bits per heavy atom. The molecule has 0 bridgehead atoms. The SMILES string of the molecule is CCCCOc1ccc(/C=C2\SC(=O)N(CC(=O)c3ccc(Cl)cc3)C2=O)cc1OC. The first kappa shape index (κ1) is 22.9. The highest BCUT2D eigenvalue weighted by Gasteiger charge is 2.36. The number of hydrogen-bond donors (Lipinski definition) is 0. The summed E-state index contributed by atoms with van der Waals surface area (Å²) in [5.41, 5.74) is 1.07. The summed E-state index contributed by atoms with van der Waals surface area (Å²) >= 11 is 6.64. The van der Waals surface area contributed by atoms with Gasteiger partial charge >= 0.3 is 0 Å². The average molecular weight is 460 g/mol. The van der Waals surface area contributed by atoms with Crippen LogP contribution in [0.2, 0.25) is 5.02 Å². The number of carbonyl (C=O) groups is 3. The highest BCUT2D eigenvalue weighted by atomic mass is 35.5. The molecule has 1 heterocycles. The lowest BCUT2D eigenvalue weighted by molar-refractivity contribution is -0.122. The highest BCUT2D eigenvalue weighted by Crippen LogP contribution is 2.34. The van der Waals surface area contributed by atoms with Gasteiger partial charge in [-0.2, -0.15) is 0 Å². The topological polar surface area (TPSA) is 72.9 Å². The lowest BCUT2D eigenvalue weighted by atomic mass is 10.1. The average Bonchev–Trinajstić information content (AvgIpc) is 3.02. The monoisotopic (exact) mass is 459 g/mol. The molecule has 8 heteroatoms. The van der Waals surface area contributed by atoms with Crippen molar-refractivity contribution in [1.29, 1.82) is 0 Å². The van der Waals surface area contributed by atoms with E-state index in [4.69, 9.17) is 21.1 Å². The minimum Gasteiger partial charge on any atom is -0.493 e. The molecular formula is C23H22ClNO5S. The number of carbonyl (C=O) groups excluding carboxylic acids is 3. The number of halogens is 1. The number of amides is 2. The van der Waals surface area contributed by atoms with Crippen LogP contribution < -0.4 is 9.47 Å². The minimum absolute atomic E-state index is 0.246. The van der Waals surface area contributed by atoms with Gasteiger partial charge in [0.05, 0.1) is 25.2 Å². The van der Waals surface area contributed by atoms with Crippen LogP contribution in [0.4, 0.5) is 4.79 Å². The first-order chi connectivity index (χ1) is 14.9. The predicted octanol–water partition coefficient (Wildman–Crippen LogP) is 5.45. The van der Waals surface area contributed by atoms with Gasteiger partial charge in [-0.25, -0.2) is 0 Å². The van der Waals surface area contributed by atoms with E-state index in [1.54, 1.807) is 55.7 Å². The van der Waals surface area contributed by atoms with Gasteiger partial charge < -0.3 is 9.47 Å². The number of rotatable bonds is 9. The predicted molar refractivity (Wildman–Crippen MR) is 122 cm³/mol. The Bertz CT molecular complexity index is 1020. The van der Waals surface area contributed by atoms with E-state index in [9.17, 15) is 14.4 Å². The second kappa shape index (κ2) is 10.5. The Hall–Kier alpha value is -2.77. The Morgan fingerprint density at radius 2 is 1.87 bits per heavy atom. The zero-order valence-corrected chi connectivity index (χ0v) is 18.8. The Morgan fingerprint density at radius 3 is 2.55 bits per heavy atom. The second-order valence-electron chi connectivity index (χ2n) is 6.81. The number of benzene rings is 2. The van der Waals surface area contributed by atoms with E-state index in [2.05, 4.69) is 6.92 Å². The Labute approximate surface area is 190 Å². The standard InChI is InChI=1S/C23H22ClNO5S/c1-3-4-11-30-19-10-5-15(12-20(19)29-2)13-21-22(27)25(23(28)31-21)14-18(26)16-6-8-17(24)9-7-16/h5-10,12-13H,3-4,11,14H2,1-2H3/b21-13-. The number of ether oxygens (including phenoxy) is 2. The molecule has 0 unspecified atom stereocenters. The summed E-state index contributed by atoms with van der Waals surface area (Å²) in [5.74, 6) is 0.326. The van der Waals surface area contributed by atoms with Crippen LogP contribution in [0.25, 0.3) is 6.08 Å². The van der Waals surface area contributed by atoms with E-state index in [0.717, 1.165) is 29.5 Å². The van der Waals surface area contributed by atoms with E-state index in [-0.39, 0.29) is 17.2 Å². The number of Topliss-reactive ketones (excluding diaryl/α,β-unsaturated/α-hetero) is 1. The molecule has 2 aromatic carbocycles. The Kier molecular flexibility index (Phi) is 7.76. The maximum Gasteiger partial charge on any atom is 0.293 e. The maximum absolute atomic E-state index is 12.7. The van der Waals surface area contributed by atoms with Gasteiger partial charge in [0.25, 0.3) is 11.1 Å². The molecule has 0 aliphatic carbocycles. The highest BCUT2D eigenvalue weighted by molar-refractivity contribution is 8.18. The van der Waals surface area contributed by atoms with Crippen LogP contribution in [0, 0.1) is 0 Å². The molecule has 1 fully saturated rings. The van der Waals surface area contributed by atoms with Gasteiger partial charge in [-0.15, -0.1) is 0 Å². The van der Waals surface area contributed by atoms with Crippen molar-refractivity contribution < 1.29 is 23.9 Å². The summed E-state index contributed by atoms with van der Waals surface area (Å²) in [7, 11) is 1.54. The first-order valence-corrected chi connectivity index (χ1v) is 11.0. The van der Waals surface area contributed by atoms with Crippen LogP contribution in [0.5, 0.6) is 11.5 Å². The van der Waals surface area contributed by atoms with Gasteiger partial charge in [-0.3, -0.25) is 19.3 Å². The van der Waals surface area contributed by atoms with Crippen molar-refractivity contribution in [1.82, 2.24) is 4.90 Å². The van der Waals surface area contributed by atoms with Crippen LogP contribution in [0.1, 0.15) is 35.7 Å². The fourth-order valence-corrected chi connectivity index (χ4v) is 3.84. The Balaban J connectivity index is 1.73. The van der Waals surface area contributed by atoms with Gasteiger partial charge in [-0.05, 0) is 66.2 Å². The molecule has 6 nitrogen and oxygen atoms in total. The van der Waals surface area contributed by atoms with Gasteiger partial charge in [-0.1, -0.05) is 31.0 Å². The zero-order chi connectivity index (χ0) is 22.4. The van der Waals surface area contributed by atoms with E-state index in [0.29, 0.717) is 34.3 Å². The van der Waals surface area contributed by atoms with Crippen molar-refractivity contribution in [3.8, 4) is 11.5 Å². The third-order valence-corrected chi connectivity index (χ3v) is 5.74. The van der Waals surface area contributed by atoms with E-state index in [1.807, 2.05) is 0 Å². The third-order valence-electron chi connectivity index (χ3n) is 4.58. The smallest absolute Gasteiger partial charge is 0.293 e. The summed E-state index contributed by atoms with van der Waals surface area (Å²) in [5, 5.41) is 0.0212. The van der Waals surface area contributed by atoms with Crippen molar-refractivity contribution in [2.75, 3.05) is 20.3 Å². The molecule has 0 saturated carbocycles. The molecule has 0 spiro atoms. The van der Waals surface area contributed by atoms with Crippen molar-refractivity contribution in [3.05, 3.63) is 63.5 Å². The van der Waals surface area contributed by atoms with E-state index >= 15 is 0 Å². The molecule has 2 amide bonds. The van der Waals surface area contributed by atoms with Crippen molar-refractivity contribution in [2.45, 2.75) is 19.8 Å². The fraction of sp³-hybridized carbons (Fsp3) is 0.261. The number of methoxy groups -OCH3 is 1. The minimum atomic E-state index is -0.500. The maximum atomic E-state index is 12.7. The number of nitrogens with zero attached hydrogens (tertiary/aromatic N) is 1. The fourth-order valence-electron chi connectivity index (χ4n) is 2.88. The van der Waals surface area contributed by atoms with Gasteiger partial charge in [0, 0.05) is 10.6 Å². The van der Waals surface area contributed by atoms with E-state index in [1.165, 1.54) is 0 Å².